The molecule has 2 rings (SSSR count). The quantitative estimate of drug-likeness (QED) is 0.810. The van der Waals surface area contributed by atoms with Gasteiger partial charge in [0.15, 0.2) is 0 Å². The fourth-order valence-electron chi connectivity index (χ4n) is 1.91. The predicted octanol–water partition coefficient (Wildman–Crippen LogP) is 1.57. The maximum absolute atomic E-state index is 10.4. The first kappa shape index (κ1) is 11.0. The number of nitrogens with one attached hydrogen (secondary N) is 1. The van der Waals surface area contributed by atoms with Crippen molar-refractivity contribution in [2.45, 2.75) is 18.9 Å². The van der Waals surface area contributed by atoms with Gasteiger partial charge in [0.05, 0.1) is 13.0 Å². The maximum Gasteiger partial charge on any atom is 0.304 e. The third kappa shape index (κ3) is 2.52. The lowest BCUT2D eigenvalue weighted by molar-refractivity contribution is -0.136. The summed E-state index contributed by atoms with van der Waals surface area (Å²) in [5, 5.41) is 11.8. The number of fused-ring (bicyclic) bond motifs is 1. The van der Waals surface area contributed by atoms with E-state index in [1.165, 1.54) is 0 Å². The van der Waals surface area contributed by atoms with Crippen molar-refractivity contribution >= 4 is 5.97 Å². The summed E-state index contributed by atoms with van der Waals surface area (Å²) in [5.41, 5.74) is 1.12. The molecule has 2 N–H and O–H groups in total. The Balaban J connectivity index is 1.99. The molecule has 0 bridgehead atoms. The first-order valence-electron chi connectivity index (χ1n) is 5.44. The van der Waals surface area contributed by atoms with E-state index in [1.54, 1.807) is 0 Å². The largest absolute Gasteiger partial charge is 0.493 e. The Bertz CT molecular complexity index is 378. The van der Waals surface area contributed by atoms with Crippen LogP contribution in [0.5, 0.6) is 5.75 Å². The van der Waals surface area contributed by atoms with Gasteiger partial charge in [0, 0.05) is 24.6 Å². The van der Waals surface area contributed by atoms with Crippen LogP contribution in [-0.2, 0) is 4.79 Å². The van der Waals surface area contributed by atoms with Crippen molar-refractivity contribution in [3.63, 3.8) is 0 Å². The van der Waals surface area contributed by atoms with E-state index < -0.39 is 5.97 Å². The summed E-state index contributed by atoms with van der Waals surface area (Å²) in [7, 11) is 0. The Morgan fingerprint density at radius 2 is 2.31 bits per heavy atom. The SMILES string of the molecule is O=C(O)CCNC1CCOc2ccccc21. The van der Waals surface area contributed by atoms with Crippen molar-refractivity contribution in [2.24, 2.45) is 0 Å². The monoisotopic (exact) mass is 221 g/mol. The molecule has 0 spiro atoms. The highest BCUT2D eigenvalue weighted by Gasteiger charge is 2.20. The van der Waals surface area contributed by atoms with E-state index in [9.17, 15) is 4.79 Å². The molecule has 1 aliphatic rings. The molecule has 1 atom stereocenters. The number of carboxylic acid groups (broad SMARTS) is 1. The second-order valence-electron chi connectivity index (χ2n) is 3.83. The fourth-order valence-corrected chi connectivity index (χ4v) is 1.91. The van der Waals surface area contributed by atoms with Gasteiger partial charge >= 0.3 is 5.97 Å². The number of aliphatic carboxylic acids is 1. The van der Waals surface area contributed by atoms with Gasteiger partial charge in [-0.25, -0.2) is 0 Å². The van der Waals surface area contributed by atoms with Crippen LogP contribution in [0.25, 0.3) is 0 Å². The van der Waals surface area contributed by atoms with E-state index >= 15 is 0 Å². The van der Waals surface area contributed by atoms with E-state index in [-0.39, 0.29) is 12.5 Å². The summed E-state index contributed by atoms with van der Waals surface area (Å²) in [6.07, 6.45) is 1.04. The number of hydrogen-bond acceptors (Lipinski definition) is 3. The molecule has 0 saturated carbocycles. The van der Waals surface area contributed by atoms with Gasteiger partial charge in [-0.05, 0) is 6.07 Å². The van der Waals surface area contributed by atoms with Crippen molar-refractivity contribution in [1.29, 1.82) is 0 Å². The summed E-state index contributed by atoms with van der Waals surface area (Å²) in [5.74, 6) is 0.134. The minimum atomic E-state index is -0.771. The van der Waals surface area contributed by atoms with E-state index in [0.29, 0.717) is 13.2 Å². The van der Waals surface area contributed by atoms with Gasteiger partial charge in [-0.15, -0.1) is 0 Å². The molecule has 1 heterocycles. The van der Waals surface area contributed by atoms with Crippen molar-refractivity contribution in [3.05, 3.63) is 29.8 Å². The van der Waals surface area contributed by atoms with E-state index in [0.717, 1.165) is 17.7 Å². The van der Waals surface area contributed by atoms with Gasteiger partial charge in [0.25, 0.3) is 0 Å². The topological polar surface area (TPSA) is 58.6 Å². The zero-order valence-electron chi connectivity index (χ0n) is 8.98. The lowest BCUT2D eigenvalue weighted by Gasteiger charge is -2.26. The van der Waals surface area contributed by atoms with Crippen LogP contribution >= 0.6 is 0 Å². The van der Waals surface area contributed by atoms with Crippen LogP contribution in [-0.4, -0.2) is 24.2 Å². The summed E-state index contributed by atoms with van der Waals surface area (Å²) in [4.78, 5) is 10.4. The average molecular weight is 221 g/mol. The molecule has 0 aliphatic carbocycles. The predicted molar refractivity (Wildman–Crippen MR) is 59.6 cm³/mol. The van der Waals surface area contributed by atoms with Crippen LogP contribution in [0.2, 0.25) is 0 Å². The Labute approximate surface area is 94.2 Å². The molecule has 0 amide bonds. The van der Waals surface area contributed by atoms with Gasteiger partial charge in [-0.3, -0.25) is 4.79 Å². The van der Waals surface area contributed by atoms with Gasteiger partial charge in [-0.1, -0.05) is 18.2 Å². The molecule has 1 aliphatic heterocycles. The molecular formula is C12H15NO3. The second kappa shape index (κ2) is 4.99. The number of hydrogen-bond donors (Lipinski definition) is 2. The Morgan fingerprint density at radius 3 is 3.12 bits per heavy atom. The molecule has 0 radical (unpaired) electrons. The maximum atomic E-state index is 10.4. The number of para-hydroxylation sites is 1. The van der Waals surface area contributed by atoms with Crippen molar-refractivity contribution in [3.8, 4) is 5.75 Å². The highest BCUT2D eigenvalue weighted by Crippen LogP contribution is 2.31. The molecule has 4 heteroatoms. The smallest absolute Gasteiger partial charge is 0.304 e. The minimum absolute atomic E-state index is 0.152. The third-order valence-corrected chi connectivity index (χ3v) is 2.69. The van der Waals surface area contributed by atoms with E-state index in [2.05, 4.69) is 5.32 Å². The van der Waals surface area contributed by atoms with E-state index in [1.807, 2.05) is 24.3 Å². The van der Waals surface area contributed by atoms with Crippen LogP contribution in [0.3, 0.4) is 0 Å². The van der Waals surface area contributed by atoms with Crippen molar-refractivity contribution in [1.82, 2.24) is 5.32 Å². The number of rotatable bonds is 4. The zero-order valence-corrected chi connectivity index (χ0v) is 8.98. The van der Waals surface area contributed by atoms with Crippen LogP contribution in [0.15, 0.2) is 24.3 Å². The van der Waals surface area contributed by atoms with Crippen LogP contribution in [0.4, 0.5) is 0 Å². The molecule has 1 aromatic carbocycles. The molecule has 86 valence electrons. The molecule has 16 heavy (non-hydrogen) atoms. The minimum Gasteiger partial charge on any atom is -0.493 e. The average Bonchev–Trinajstić information content (AvgIpc) is 2.29. The zero-order chi connectivity index (χ0) is 11.4. The van der Waals surface area contributed by atoms with Crippen LogP contribution in [0.1, 0.15) is 24.4 Å². The lowest BCUT2D eigenvalue weighted by Crippen LogP contribution is -2.28. The second-order valence-corrected chi connectivity index (χ2v) is 3.83. The number of benzene rings is 1. The summed E-state index contributed by atoms with van der Waals surface area (Å²) < 4.78 is 5.52. The molecule has 1 aromatic rings. The number of ether oxygens (including phenoxy) is 1. The van der Waals surface area contributed by atoms with Gasteiger partial charge in [0.1, 0.15) is 5.75 Å². The number of carbonyl (C=O) groups is 1. The molecule has 1 unspecified atom stereocenters. The third-order valence-electron chi connectivity index (χ3n) is 2.69. The van der Waals surface area contributed by atoms with Crippen molar-refractivity contribution in [2.75, 3.05) is 13.2 Å². The van der Waals surface area contributed by atoms with Crippen molar-refractivity contribution < 1.29 is 14.6 Å². The van der Waals surface area contributed by atoms with Gasteiger partial charge in [0.2, 0.25) is 0 Å². The van der Waals surface area contributed by atoms with Crippen LogP contribution in [0, 0.1) is 0 Å². The summed E-state index contributed by atoms with van der Waals surface area (Å²) >= 11 is 0. The lowest BCUT2D eigenvalue weighted by atomic mass is 10.0. The Hall–Kier alpha value is -1.55. The highest BCUT2D eigenvalue weighted by molar-refractivity contribution is 5.66. The fraction of sp³-hybridized carbons (Fsp3) is 0.417. The molecular weight excluding hydrogens is 206 g/mol. The molecule has 0 fully saturated rings. The number of carboxylic acids is 1. The molecule has 0 saturated heterocycles. The highest BCUT2D eigenvalue weighted by atomic mass is 16.5. The first-order chi connectivity index (χ1) is 7.77. The van der Waals surface area contributed by atoms with Crippen LogP contribution < -0.4 is 10.1 Å². The normalized spacial score (nSPS) is 18.6. The Kier molecular flexibility index (Phi) is 3.41. The van der Waals surface area contributed by atoms with Gasteiger partial charge in [-0.2, -0.15) is 0 Å². The van der Waals surface area contributed by atoms with Gasteiger partial charge < -0.3 is 15.2 Å². The molecule has 4 nitrogen and oxygen atoms in total. The van der Waals surface area contributed by atoms with E-state index in [4.69, 9.17) is 9.84 Å². The summed E-state index contributed by atoms with van der Waals surface area (Å²) in [6.45, 7) is 1.18. The standard InChI is InChI=1S/C12H15NO3/c14-12(15)5-7-13-10-6-8-16-11-4-2-1-3-9(10)11/h1-4,10,13H,5-8H2,(H,14,15). The molecule has 0 aromatic heterocycles. The Morgan fingerprint density at radius 1 is 1.50 bits per heavy atom. The summed E-state index contributed by atoms with van der Waals surface area (Å²) in [6, 6.07) is 8.09. The first-order valence-corrected chi connectivity index (χ1v) is 5.44.